The van der Waals surface area contributed by atoms with Gasteiger partial charge >= 0.3 is 0 Å². The zero-order chi connectivity index (χ0) is 13.7. The lowest BCUT2D eigenvalue weighted by Gasteiger charge is -2.17. The van der Waals surface area contributed by atoms with Gasteiger partial charge in [0.15, 0.2) is 0 Å². The first-order chi connectivity index (χ1) is 9.19. The van der Waals surface area contributed by atoms with Crippen molar-refractivity contribution in [2.45, 2.75) is 13.1 Å². The molecule has 0 aliphatic carbocycles. The Morgan fingerprint density at radius 2 is 2.16 bits per heavy atom. The quantitative estimate of drug-likeness (QED) is 0.857. The second kappa shape index (κ2) is 6.33. The van der Waals surface area contributed by atoms with E-state index in [1.54, 1.807) is 18.3 Å². The Morgan fingerprint density at radius 1 is 1.32 bits per heavy atom. The van der Waals surface area contributed by atoms with Crippen LogP contribution in [0, 0.1) is 11.3 Å². The number of halogens is 1. The number of rotatable bonds is 4. The summed E-state index contributed by atoms with van der Waals surface area (Å²) < 4.78 is 0. The van der Waals surface area contributed by atoms with Gasteiger partial charge in [0, 0.05) is 30.5 Å². The van der Waals surface area contributed by atoms with Gasteiger partial charge in [0.05, 0.1) is 11.6 Å². The van der Waals surface area contributed by atoms with Crippen molar-refractivity contribution in [1.82, 2.24) is 9.88 Å². The molecule has 1 aromatic heterocycles. The first kappa shape index (κ1) is 13.5. The maximum Gasteiger partial charge on any atom is 0.0992 e. The van der Waals surface area contributed by atoms with Crippen LogP contribution in [0.15, 0.2) is 42.7 Å². The van der Waals surface area contributed by atoms with Gasteiger partial charge in [0.25, 0.3) is 0 Å². The third kappa shape index (κ3) is 3.78. The molecule has 2 aromatic rings. The van der Waals surface area contributed by atoms with E-state index < -0.39 is 0 Å². The lowest BCUT2D eigenvalue weighted by Crippen LogP contribution is -2.17. The molecule has 0 radical (unpaired) electrons. The van der Waals surface area contributed by atoms with E-state index in [4.69, 9.17) is 16.9 Å². The van der Waals surface area contributed by atoms with Gasteiger partial charge < -0.3 is 0 Å². The van der Waals surface area contributed by atoms with Crippen LogP contribution in [-0.2, 0) is 13.1 Å². The average molecular weight is 272 g/mol. The summed E-state index contributed by atoms with van der Waals surface area (Å²) in [5.74, 6) is 0. The predicted octanol–water partition coefficient (Wildman–Crippen LogP) is 3.24. The van der Waals surface area contributed by atoms with Crippen molar-refractivity contribution in [3.05, 3.63) is 64.4 Å². The molecule has 0 spiro atoms. The van der Waals surface area contributed by atoms with Crippen molar-refractivity contribution in [3.8, 4) is 6.07 Å². The summed E-state index contributed by atoms with van der Waals surface area (Å²) in [5.41, 5.74) is 2.77. The summed E-state index contributed by atoms with van der Waals surface area (Å²) in [7, 11) is 2.03. The van der Waals surface area contributed by atoms with Gasteiger partial charge in [0.2, 0.25) is 0 Å². The summed E-state index contributed by atoms with van der Waals surface area (Å²) in [6.45, 7) is 1.55. The zero-order valence-electron chi connectivity index (χ0n) is 10.7. The van der Waals surface area contributed by atoms with Gasteiger partial charge in [0.1, 0.15) is 0 Å². The SMILES string of the molecule is CN(Cc1cccnc1)Cc1ccc(C#N)cc1Cl. The van der Waals surface area contributed by atoms with Crippen LogP contribution in [0.4, 0.5) is 0 Å². The Bertz CT molecular complexity index is 590. The van der Waals surface area contributed by atoms with Gasteiger partial charge in [-0.3, -0.25) is 9.88 Å². The van der Waals surface area contributed by atoms with Crippen molar-refractivity contribution in [2.24, 2.45) is 0 Å². The lowest BCUT2D eigenvalue weighted by atomic mass is 10.1. The molecule has 0 unspecified atom stereocenters. The average Bonchev–Trinajstić information content (AvgIpc) is 2.42. The minimum Gasteiger partial charge on any atom is -0.298 e. The number of hydrogen-bond acceptors (Lipinski definition) is 3. The highest BCUT2D eigenvalue weighted by molar-refractivity contribution is 6.31. The Hall–Kier alpha value is -1.89. The Kier molecular flexibility index (Phi) is 4.51. The molecule has 2 rings (SSSR count). The van der Waals surface area contributed by atoms with Crippen LogP contribution in [0.5, 0.6) is 0 Å². The predicted molar refractivity (Wildman–Crippen MR) is 75.6 cm³/mol. The summed E-state index contributed by atoms with van der Waals surface area (Å²) >= 11 is 6.17. The maximum absolute atomic E-state index is 8.80. The molecule has 1 heterocycles. The van der Waals surface area contributed by atoms with E-state index in [0.717, 1.165) is 24.2 Å². The maximum atomic E-state index is 8.80. The van der Waals surface area contributed by atoms with Gasteiger partial charge in [-0.05, 0) is 36.4 Å². The van der Waals surface area contributed by atoms with E-state index in [9.17, 15) is 0 Å². The van der Waals surface area contributed by atoms with Crippen LogP contribution >= 0.6 is 11.6 Å². The van der Waals surface area contributed by atoms with Gasteiger partial charge in [-0.1, -0.05) is 23.7 Å². The van der Waals surface area contributed by atoms with Crippen LogP contribution in [0.3, 0.4) is 0 Å². The second-order valence-corrected chi connectivity index (χ2v) is 4.86. The molecule has 0 aliphatic rings. The largest absolute Gasteiger partial charge is 0.298 e. The molecule has 3 nitrogen and oxygen atoms in total. The lowest BCUT2D eigenvalue weighted by molar-refractivity contribution is 0.319. The van der Waals surface area contributed by atoms with Crippen LogP contribution in [0.1, 0.15) is 16.7 Å². The topological polar surface area (TPSA) is 39.9 Å². The number of hydrogen-bond donors (Lipinski definition) is 0. The molecule has 0 aliphatic heterocycles. The number of nitrogens with zero attached hydrogens (tertiary/aromatic N) is 3. The van der Waals surface area contributed by atoms with E-state index in [1.807, 2.05) is 31.4 Å². The molecule has 0 saturated heterocycles. The molecule has 0 N–H and O–H groups in total. The fourth-order valence-electron chi connectivity index (χ4n) is 1.90. The van der Waals surface area contributed by atoms with Crippen LogP contribution in [-0.4, -0.2) is 16.9 Å². The number of nitriles is 1. The first-order valence-electron chi connectivity index (χ1n) is 5.95. The monoisotopic (exact) mass is 271 g/mol. The van der Waals surface area contributed by atoms with Crippen molar-refractivity contribution >= 4 is 11.6 Å². The van der Waals surface area contributed by atoms with E-state index in [-0.39, 0.29) is 0 Å². The zero-order valence-corrected chi connectivity index (χ0v) is 11.4. The van der Waals surface area contributed by atoms with E-state index >= 15 is 0 Å². The highest BCUT2D eigenvalue weighted by atomic mass is 35.5. The minimum absolute atomic E-state index is 0.587. The minimum atomic E-state index is 0.587. The standard InChI is InChI=1S/C15H14ClN3/c1-19(10-13-3-2-6-18-9-13)11-14-5-4-12(8-17)7-15(14)16/h2-7,9H,10-11H2,1H3. The molecule has 1 aromatic carbocycles. The van der Waals surface area contributed by atoms with E-state index in [1.165, 1.54) is 0 Å². The van der Waals surface area contributed by atoms with Crippen LogP contribution in [0.25, 0.3) is 0 Å². The fraction of sp³-hybridized carbons (Fsp3) is 0.200. The molecule has 4 heteroatoms. The highest BCUT2D eigenvalue weighted by Gasteiger charge is 2.06. The number of aromatic nitrogens is 1. The van der Waals surface area contributed by atoms with Crippen molar-refractivity contribution in [2.75, 3.05) is 7.05 Å². The summed E-state index contributed by atoms with van der Waals surface area (Å²) in [6.07, 6.45) is 3.62. The molecular weight excluding hydrogens is 258 g/mol. The summed E-state index contributed by atoms with van der Waals surface area (Å²) in [6, 6.07) is 11.5. The molecule has 0 saturated carbocycles. The number of pyridine rings is 1. The highest BCUT2D eigenvalue weighted by Crippen LogP contribution is 2.19. The van der Waals surface area contributed by atoms with Gasteiger partial charge in [-0.25, -0.2) is 0 Å². The van der Waals surface area contributed by atoms with Crippen molar-refractivity contribution in [3.63, 3.8) is 0 Å². The van der Waals surface area contributed by atoms with E-state index in [0.29, 0.717) is 10.6 Å². The van der Waals surface area contributed by atoms with Crippen LogP contribution < -0.4 is 0 Å². The Morgan fingerprint density at radius 3 is 2.79 bits per heavy atom. The molecule has 19 heavy (non-hydrogen) atoms. The smallest absolute Gasteiger partial charge is 0.0992 e. The summed E-state index contributed by atoms with van der Waals surface area (Å²) in [4.78, 5) is 6.25. The molecule has 0 amide bonds. The Balaban J connectivity index is 2.03. The molecule has 0 atom stereocenters. The van der Waals surface area contributed by atoms with Crippen molar-refractivity contribution < 1.29 is 0 Å². The Labute approximate surface area is 118 Å². The third-order valence-electron chi connectivity index (χ3n) is 2.80. The molecule has 0 bridgehead atoms. The van der Waals surface area contributed by atoms with Gasteiger partial charge in [-0.2, -0.15) is 5.26 Å². The molecule has 96 valence electrons. The normalized spacial score (nSPS) is 10.4. The molecule has 0 fully saturated rings. The van der Waals surface area contributed by atoms with Gasteiger partial charge in [-0.15, -0.1) is 0 Å². The number of benzene rings is 1. The first-order valence-corrected chi connectivity index (χ1v) is 6.33. The van der Waals surface area contributed by atoms with E-state index in [2.05, 4.69) is 16.0 Å². The fourth-order valence-corrected chi connectivity index (χ4v) is 2.14. The third-order valence-corrected chi connectivity index (χ3v) is 3.15. The second-order valence-electron chi connectivity index (χ2n) is 4.45. The summed E-state index contributed by atoms with van der Waals surface area (Å²) in [5, 5.41) is 9.44. The van der Waals surface area contributed by atoms with Crippen molar-refractivity contribution in [1.29, 1.82) is 5.26 Å². The van der Waals surface area contributed by atoms with Crippen LogP contribution in [0.2, 0.25) is 5.02 Å². The molecular formula is C15H14ClN3.